The second-order valence-electron chi connectivity index (χ2n) is 5.14. The fourth-order valence-corrected chi connectivity index (χ4v) is 3.33. The van der Waals surface area contributed by atoms with E-state index in [0.717, 1.165) is 24.3 Å². The Balaban J connectivity index is 1.70. The molecule has 1 aliphatic heterocycles. The summed E-state index contributed by atoms with van der Waals surface area (Å²) in [5.41, 5.74) is 7.39. The number of hydrogen-bond acceptors (Lipinski definition) is 3. The monoisotopic (exact) mass is 249 g/mol. The van der Waals surface area contributed by atoms with Crippen molar-refractivity contribution in [2.45, 2.75) is 37.3 Å². The smallest absolute Gasteiger partial charge is 0.120 e. The molecule has 0 aromatic heterocycles. The maximum Gasteiger partial charge on any atom is 0.120 e. The molecule has 1 saturated heterocycles. The van der Waals surface area contributed by atoms with Gasteiger partial charge in [0.2, 0.25) is 0 Å². The molecule has 0 radical (unpaired) electrons. The van der Waals surface area contributed by atoms with E-state index in [2.05, 4.69) is 24.3 Å². The van der Waals surface area contributed by atoms with Crippen LogP contribution in [0.15, 0.2) is 24.3 Å². The zero-order valence-corrected chi connectivity index (χ0v) is 10.8. The Kier molecular flexibility index (Phi) is 3.05. The van der Waals surface area contributed by atoms with Gasteiger partial charge in [-0.15, -0.1) is 0 Å². The van der Waals surface area contributed by atoms with Crippen molar-refractivity contribution < 1.29 is 4.74 Å². The Bertz CT molecular complexity index is 397. The van der Waals surface area contributed by atoms with Crippen molar-refractivity contribution >= 4 is 11.8 Å². The third-order valence-corrected chi connectivity index (χ3v) is 4.80. The van der Waals surface area contributed by atoms with Crippen LogP contribution in [0.1, 0.15) is 31.2 Å². The summed E-state index contributed by atoms with van der Waals surface area (Å²) in [6, 6.07) is 8.36. The van der Waals surface area contributed by atoms with E-state index in [-0.39, 0.29) is 5.54 Å². The molecular weight excluding hydrogens is 230 g/mol. The summed E-state index contributed by atoms with van der Waals surface area (Å²) in [7, 11) is 0. The molecule has 1 atom stereocenters. The molecule has 2 fully saturated rings. The minimum Gasteiger partial charge on any atom is -0.490 e. The van der Waals surface area contributed by atoms with Gasteiger partial charge in [-0.05, 0) is 49.1 Å². The average Bonchev–Trinajstić information content (AvgIpc) is 3.11. The maximum atomic E-state index is 6.21. The van der Waals surface area contributed by atoms with Crippen molar-refractivity contribution in [1.82, 2.24) is 0 Å². The highest BCUT2D eigenvalue weighted by Crippen LogP contribution is 2.43. The van der Waals surface area contributed by atoms with Crippen LogP contribution in [0.3, 0.4) is 0 Å². The van der Waals surface area contributed by atoms with Crippen LogP contribution in [-0.2, 0) is 5.54 Å². The molecule has 3 rings (SSSR count). The van der Waals surface area contributed by atoms with Gasteiger partial charge in [-0.1, -0.05) is 12.1 Å². The highest BCUT2D eigenvalue weighted by molar-refractivity contribution is 7.99. The second kappa shape index (κ2) is 4.54. The van der Waals surface area contributed by atoms with Gasteiger partial charge in [-0.3, -0.25) is 0 Å². The molecular formula is C14H19NOS. The van der Waals surface area contributed by atoms with Crippen LogP contribution in [0.2, 0.25) is 0 Å². The predicted molar refractivity (Wildman–Crippen MR) is 72.5 cm³/mol. The van der Waals surface area contributed by atoms with E-state index in [1.54, 1.807) is 0 Å². The molecule has 1 aromatic carbocycles. The molecule has 1 aromatic rings. The van der Waals surface area contributed by atoms with Gasteiger partial charge in [0.05, 0.1) is 0 Å². The summed E-state index contributed by atoms with van der Waals surface area (Å²) in [5, 5.41) is 0. The Morgan fingerprint density at radius 1 is 1.35 bits per heavy atom. The molecule has 0 bridgehead atoms. The quantitative estimate of drug-likeness (QED) is 0.894. The molecule has 17 heavy (non-hydrogen) atoms. The number of thioether (sulfide) groups is 1. The molecule has 2 N–H and O–H groups in total. The standard InChI is InChI=1S/C14H19NOS/c15-14(6-7-14)11-3-1-4-12(9-11)16-13-5-2-8-17-10-13/h1,3-4,9,13H,2,5-8,10,15H2. The third kappa shape index (κ3) is 2.61. The Labute approximate surface area is 107 Å². The number of rotatable bonds is 3. The van der Waals surface area contributed by atoms with Gasteiger partial charge in [-0.25, -0.2) is 0 Å². The lowest BCUT2D eigenvalue weighted by Crippen LogP contribution is -2.24. The zero-order chi connectivity index (χ0) is 11.7. The van der Waals surface area contributed by atoms with E-state index in [1.807, 2.05) is 11.8 Å². The minimum absolute atomic E-state index is 0.0549. The van der Waals surface area contributed by atoms with E-state index >= 15 is 0 Å². The molecule has 1 aliphatic carbocycles. The first-order chi connectivity index (χ1) is 8.26. The molecule has 1 unspecified atom stereocenters. The molecule has 1 saturated carbocycles. The summed E-state index contributed by atoms with van der Waals surface area (Å²) < 4.78 is 6.04. The van der Waals surface area contributed by atoms with Crippen molar-refractivity contribution in [1.29, 1.82) is 0 Å². The number of nitrogens with two attached hydrogens (primary N) is 1. The van der Waals surface area contributed by atoms with Crippen LogP contribution < -0.4 is 10.5 Å². The van der Waals surface area contributed by atoms with Crippen LogP contribution in [-0.4, -0.2) is 17.6 Å². The first-order valence-corrected chi connectivity index (χ1v) is 7.56. The van der Waals surface area contributed by atoms with Gasteiger partial charge < -0.3 is 10.5 Å². The van der Waals surface area contributed by atoms with E-state index in [0.29, 0.717) is 6.10 Å². The lowest BCUT2D eigenvalue weighted by Gasteiger charge is -2.23. The van der Waals surface area contributed by atoms with E-state index < -0.39 is 0 Å². The molecule has 2 nitrogen and oxygen atoms in total. The summed E-state index contributed by atoms with van der Waals surface area (Å²) in [4.78, 5) is 0. The fraction of sp³-hybridized carbons (Fsp3) is 0.571. The fourth-order valence-electron chi connectivity index (χ4n) is 2.30. The van der Waals surface area contributed by atoms with E-state index in [4.69, 9.17) is 10.5 Å². The van der Waals surface area contributed by atoms with Gasteiger partial charge in [0.25, 0.3) is 0 Å². The number of hydrogen-bond donors (Lipinski definition) is 1. The van der Waals surface area contributed by atoms with Crippen LogP contribution in [0.5, 0.6) is 5.75 Å². The summed E-state index contributed by atoms with van der Waals surface area (Å²) in [6.45, 7) is 0. The Morgan fingerprint density at radius 2 is 2.24 bits per heavy atom. The molecule has 2 aliphatic rings. The van der Waals surface area contributed by atoms with Crippen molar-refractivity contribution in [2.24, 2.45) is 5.73 Å². The third-order valence-electron chi connectivity index (χ3n) is 3.62. The Morgan fingerprint density at radius 3 is 2.94 bits per heavy atom. The van der Waals surface area contributed by atoms with Gasteiger partial charge in [-0.2, -0.15) is 11.8 Å². The molecule has 92 valence electrons. The first-order valence-electron chi connectivity index (χ1n) is 6.40. The van der Waals surface area contributed by atoms with E-state index in [9.17, 15) is 0 Å². The summed E-state index contributed by atoms with van der Waals surface area (Å²) in [6.07, 6.45) is 5.06. The van der Waals surface area contributed by atoms with Gasteiger partial charge >= 0.3 is 0 Å². The normalized spacial score (nSPS) is 26.5. The van der Waals surface area contributed by atoms with Crippen LogP contribution in [0, 0.1) is 0 Å². The lowest BCUT2D eigenvalue weighted by molar-refractivity contribution is 0.211. The highest BCUT2D eigenvalue weighted by Gasteiger charge is 2.40. The molecule has 1 heterocycles. The summed E-state index contributed by atoms with van der Waals surface area (Å²) >= 11 is 1.99. The van der Waals surface area contributed by atoms with Crippen LogP contribution in [0.4, 0.5) is 0 Å². The lowest BCUT2D eigenvalue weighted by atomic mass is 10.1. The van der Waals surface area contributed by atoms with Crippen molar-refractivity contribution in [3.05, 3.63) is 29.8 Å². The van der Waals surface area contributed by atoms with Crippen LogP contribution in [0.25, 0.3) is 0 Å². The van der Waals surface area contributed by atoms with Crippen molar-refractivity contribution in [2.75, 3.05) is 11.5 Å². The minimum atomic E-state index is -0.0549. The predicted octanol–water partition coefficient (Wildman–Crippen LogP) is 2.91. The van der Waals surface area contributed by atoms with Crippen molar-refractivity contribution in [3.8, 4) is 5.75 Å². The number of ether oxygens (including phenoxy) is 1. The summed E-state index contributed by atoms with van der Waals surface area (Å²) in [5.74, 6) is 3.40. The average molecular weight is 249 g/mol. The van der Waals surface area contributed by atoms with Crippen LogP contribution >= 0.6 is 11.8 Å². The van der Waals surface area contributed by atoms with E-state index in [1.165, 1.54) is 24.2 Å². The molecule has 3 heteroatoms. The highest BCUT2D eigenvalue weighted by atomic mass is 32.2. The topological polar surface area (TPSA) is 35.2 Å². The van der Waals surface area contributed by atoms with Gasteiger partial charge in [0.15, 0.2) is 0 Å². The molecule has 0 amide bonds. The zero-order valence-electron chi connectivity index (χ0n) is 10.0. The Hall–Kier alpha value is -0.670. The SMILES string of the molecule is NC1(c2cccc(OC3CCCSC3)c2)CC1. The van der Waals surface area contributed by atoms with Crippen molar-refractivity contribution in [3.63, 3.8) is 0 Å². The van der Waals surface area contributed by atoms with Gasteiger partial charge in [0, 0.05) is 11.3 Å². The maximum absolute atomic E-state index is 6.21. The molecule has 0 spiro atoms. The second-order valence-corrected chi connectivity index (χ2v) is 6.29. The first kappa shape index (κ1) is 11.4. The largest absolute Gasteiger partial charge is 0.490 e. The number of benzene rings is 1. The van der Waals surface area contributed by atoms with Gasteiger partial charge in [0.1, 0.15) is 11.9 Å².